The fourth-order valence-electron chi connectivity index (χ4n) is 0.845. The lowest BCUT2D eigenvalue weighted by molar-refractivity contribution is 0.0712. The molecule has 0 spiro atoms. The Morgan fingerprint density at radius 1 is 1.50 bits per heavy atom. The van der Waals surface area contributed by atoms with Crippen molar-refractivity contribution in [3.05, 3.63) is 35.6 Å². The zero-order chi connectivity index (χ0) is 10.4. The van der Waals surface area contributed by atoms with E-state index in [2.05, 4.69) is 5.16 Å². The fourth-order valence-corrected chi connectivity index (χ4v) is 0.845. The molecular formula is C11H14FNO. The quantitative estimate of drug-likeness (QED) is 0.534. The Hall–Kier alpha value is -1.38. The molecule has 0 radical (unpaired) electrons. The maximum absolute atomic E-state index is 13.0. The minimum absolute atomic E-state index is 0.0676. The summed E-state index contributed by atoms with van der Waals surface area (Å²) in [5.41, 5.74) is 0.441. The predicted molar refractivity (Wildman–Crippen MR) is 54.8 cm³/mol. The van der Waals surface area contributed by atoms with Crippen molar-refractivity contribution in [1.82, 2.24) is 0 Å². The Bertz CT molecular complexity index is 312. The molecule has 14 heavy (non-hydrogen) atoms. The smallest absolute Gasteiger partial charge is 0.132 e. The maximum Gasteiger partial charge on any atom is 0.132 e. The van der Waals surface area contributed by atoms with Gasteiger partial charge in [0.25, 0.3) is 0 Å². The van der Waals surface area contributed by atoms with Crippen molar-refractivity contribution in [2.45, 2.75) is 26.4 Å². The monoisotopic (exact) mass is 195 g/mol. The number of halogens is 1. The molecule has 0 amide bonds. The van der Waals surface area contributed by atoms with E-state index in [0.29, 0.717) is 5.56 Å². The first-order valence-corrected chi connectivity index (χ1v) is 4.67. The van der Waals surface area contributed by atoms with Crippen LogP contribution in [-0.2, 0) is 4.84 Å². The summed E-state index contributed by atoms with van der Waals surface area (Å²) in [5, 5.41) is 3.71. The van der Waals surface area contributed by atoms with E-state index in [9.17, 15) is 4.39 Å². The first-order valence-electron chi connectivity index (χ1n) is 4.67. The van der Waals surface area contributed by atoms with Gasteiger partial charge in [-0.25, -0.2) is 4.39 Å². The Kier molecular flexibility index (Phi) is 4.11. The molecule has 0 bridgehead atoms. The third kappa shape index (κ3) is 3.17. The minimum atomic E-state index is -0.288. The van der Waals surface area contributed by atoms with Crippen LogP contribution in [0.5, 0.6) is 0 Å². The van der Waals surface area contributed by atoms with Gasteiger partial charge in [0.2, 0.25) is 0 Å². The number of benzene rings is 1. The molecule has 1 rings (SSSR count). The van der Waals surface area contributed by atoms with Gasteiger partial charge in [-0.15, -0.1) is 0 Å². The molecule has 0 saturated carbocycles. The van der Waals surface area contributed by atoms with Crippen LogP contribution in [0.3, 0.4) is 0 Å². The van der Waals surface area contributed by atoms with Gasteiger partial charge >= 0.3 is 0 Å². The van der Waals surface area contributed by atoms with E-state index in [1.807, 2.05) is 13.8 Å². The molecule has 0 aliphatic carbocycles. The van der Waals surface area contributed by atoms with E-state index in [0.717, 1.165) is 6.42 Å². The van der Waals surface area contributed by atoms with Crippen LogP contribution in [0.1, 0.15) is 25.8 Å². The lowest BCUT2D eigenvalue weighted by atomic mass is 10.2. The van der Waals surface area contributed by atoms with Crippen molar-refractivity contribution in [3.63, 3.8) is 0 Å². The molecule has 0 saturated heterocycles. The Labute approximate surface area is 83.4 Å². The highest BCUT2D eigenvalue weighted by atomic mass is 19.1. The van der Waals surface area contributed by atoms with Gasteiger partial charge in [0.05, 0.1) is 6.21 Å². The van der Waals surface area contributed by atoms with Crippen LogP contribution >= 0.6 is 0 Å². The molecular weight excluding hydrogens is 181 g/mol. The molecule has 1 aromatic carbocycles. The zero-order valence-electron chi connectivity index (χ0n) is 8.40. The van der Waals surface area contributed by atoms with Crippen LogP contribution in [0.2, 0.25) is 0 Å². The average molecular weight is 195 g/mol. The van der Waals surface area contributed by atoms with E-state index in [4.69, 9.17) is 4.84 Å². The molecule has 0 heterocycles. The Morgan fingerprint density at radius 2 is 2.21 bits per heavy atom. The fraction of sp³-hybridized carbons (Fsp3) is 0.364. The molecule has 0 aliphatic rings. The third-order valence-corrected chi connectivity index (χ3v) is 1.91. The molecule has 0 aromatic heterocycles. The van der Waals surface area contributed by atoms with Crippen molar-refractivity contribution in [2.75, 3.05) is 0 Å². The SMILES string of the molecule is CCC(C)ON=Cc1ccccc1F. The van der Waals surface area contributed by atoms with E-state index in [1.165, 1.54) is 12.3 Å². The summed E-state index contributed by atoms with van der Waals surface area (Å²) in [6.45, 7) is 3.92. The molecule has 76 valence electrons. The van der Waals surface area contributed by atoms with Gasteiger partial charge in [-0.05, 0) is 19.4 Å². The van der Waals surface area contributed by atoms with Crippen molar-refractivity contribution in [3.8, 4) is 0 Å². The van der Waals surface area contributed by atoms with Gasteiger partial charge in [0, 0.05) is 5.56 Å². The van der Waals surface area contributed by atoms with Gasteiger partial charge in [-0.3, -0.25) is 0 Å². The largest absolute Gasteiger partial charge is 0.393 e. The number of oxime groups is 1. The predicted octanol–water partition coefficient (Wildman–Crippen LogP) is 2.97. The van der Waals surface area contributed by atoms with E-state index < -0.39 is 0 Å². The van der Waals surface area contributed by atoms with Crippen LogP contribution in [0, 0.1) is 5.82 Å². The summed E-state index contributed by atoms with van der Waals surface area (Å²) >= 11 is 0. The number of hydrogen-bond donors (Lipinski definition) is 0. The van der Waals surface area contributed by atoms with Gasteiger partial charge in [-0.1, -0.05) is 30.3 Å². The van der Waals surface area contributed by atoms with Crippen LogP contribution in [0.15, 0.2) is 29.4 Å². The van der Waals surface area contributed by atoms with Gasteiger partial charge in [0.1, 0.15) is 11.9 Å². The summed E-state index contributed by atoms with van der Waals surface area (Å²) in [5.74, 6) is -0.288. The molecule has 1 atom stereocenters. The second-order valence-electron chi connectivity index (χ2n) is 3.08. The second-order valence-corrected chi connectivity index (χ2v) is 3.08. The number of rotatable bonds is 4. The maximum atomic E-state index is 13.0. The highest BCUT2D eigenvalue weighted by Gasteiger charge is 1.98. The van der Waals surface area contributed by atoms with E-state index in [1.54, 1.807) is 18.2 Å². The van der Waals surface area contributed by atoms with E-state index >= 15 is 0 Å². The third-order valence-electron chi connectivity index (χ3n) is 1.91. The summed E-state index contributed by atoms with van der Waals surface area (Å²) in [6, 6.07) is 6.44. The van der Waals surface area contributed by atoms with Gasteiger partial charge in [0.15, 0.2) is 0 Å². The normalized spacial score (nSPS) is 13.1. The summed E-state index contributed by atoms with van der Waals surface area (Å²) in [6.07, 6.45) is 2.34. The molecule has 2 nitrogen and oxygen atoms in total. The van der Waals surface area contributed by atoms with Gasteiger partial charge < -0.3 is 4.84 Å². The summed E-state index contributed by atoms with van der Waals surface area (Å²) in [4.78, 5) is 5.05. The molecule has 0 fully saturated rings. The molecule has 1 unspecified atom stereocenters. The van der Waals surface area contributed by atoms with Crippen molar-refractivity contribution < 1.29 is 9.23 Å². The molecule has 3 heteroatoms. The summed E-state index contributed by atoms with van der Waals surface area (Å²) < 4.78 is 13.0. The van der Waals surface area contributed by atoms with Gasteiger partial charge in [-0.2, -0.15) is 0 Å². The highest BCUT2D eigenvalue weighted by Crippen LogP contribution is 2.03. The topological polar surface area (TPSA) is 21.6 Å². The highest BCUT2D eigenvalue weighted by molar-refractivity contribution is 5.79. The lowest BCUT2D eigenvalue weighted by Crippen LogP contribution is -2.01. The lowest BCUT2D eigenvalue weighted by Gasteiger charge is -2.04. The van der Waals surface area contributed by atoms with E-state index in [-0.39, 0.29) is 11.9 Å². The molecule has 1 aromatic rings. The van der Waals surface area contributed by atoms with Crippen LogP contribution in [0.4, 0.5) is 4.39 Å². The van der Waals surface area contributed by atoms with Crippen LogP contribution in [-0.4, -0.2) is 12.3 Å². The van der Waals surface area contributed by atoms with Crippen LogP contribution in [0.25, 0.3) is 0 Å². The molecule has 0 aliphatic heterocycles. The Balaban J connectivity index is 2.56. The second kappa shape index (κ2) is 5.37. The first kappa shape index (κ1) is 10.7. The number of hydrogen-bond acceptors (Lipinski definition) is 2. The van der Waals surface area contributed by atoms with Crippen molar-refractivity contribution >= 4 is 6.21 Å². The van der Waals surface area contributed by atoms with Crippen LogP contribution < -0.4 is 0 Å². The minimum Gasteiger partial charge on any atom is -0.393 e. The van der Waals surface area contributed by atoms with Crippen molar-refractivity contribution in [2.24, 2.45) is 5.16 Å². The standard InChI is InChI=1S/C11H14FNO/c1-3-9(2)14-13-8-10-6-4-5-7-11(10)12/h4-9H,3H2,1-2H3. The first-order chi connectivity index (χ1) is 6.74. The number of nitrogens with zero attached hydrogens (tertiary/aromatic N) is 1. The average Bonchev–Trinajstić information content (AvgIpc) is 2.20. The molecule has 0 N–H and O–H groups in total. The Morgan fingerprint density at radius 3 is 2.86 bits per heavy atom. The zero-order valence-corrected chi connectivity index (χ0v) is 8.40. The van der Waals surface area contributed by atoms with Crippen molar-refractivity contribution in [1.29, 1.82) is 0 Å². The summed E-state index contributed by atoms with van der Waals surface area (Å²) in [7, 11) is 0.